The number of halogens is 1. The Morgan fingerprint density at radius 3 is 2.12 bits per heavy atom. The van der Waals surface area contributed by atoms with Gasteiger partial charge in [0.1, 0.15) is 11.5 Å². The van der Waals surface area contributed by atoms with Crippen molar-refractivity contribution >= 4 is 33.2 Å². The number of hydrogen-bond acceptors (Lipinski definition) is 5. The number of carbonyl (C=O) groups is 1. The highest BCUT2D eigenvalue weighted by molar-refractivity contribution is 7.92. The second kappa shape index (κ2) is 11.3. The summed E-state index contributed by atoms with van der Waals surface area (Å²) < 4.78 is 36.8. The fourth-order valence-electron chi connectivity index (χ4n) is 3.27. The van der Waals surface area contributed by atoms with Crippen LogP contribution < -0.4 is 19.1 Å². The fraction of sp³-hybridized carbons (Fsp3) is 0.240. The van der Waals surface area contributed by atoms with Crippen LogP contribution in [0.25, 0.3) is 0 Å². The van der Waals surface area contributed by atoms with Gasteiger partial charge in [0, 0.05) is 5.02 Å². The molecule has 180 valence electrons. The number of nitrogens with one attached hydrogen (secondary N) is 1. The standard InChI is InChI=1S/C25H27ClN2O5S/c1-18(20-6-12-23(32-2)13-7-20)27-25(29)17-33-24-14-10-22(11-15-24)28(34(3,30)31)16-19-4-8-21(26)9-5-19/h4-15,18H,16-17H2,1-3H3,(H,27,29)/t18-/m1/s1. The molecule has 0 radical (unpaired) electrons. The summed E-state index contributed by atoms with van der Waals surface area (Å²) in [5.41, 5.74) is 2.24. The van der Waals surface area contributed by atoms with E-state index in [9.17, 15) is 13.2 Å². The smallest absolute Gasteiger partial charge is 0.258 e. The van der Waals surface area contributed by atoms with Crippen LogP contribution in [0.4, 0.5) is 5.69 Å². The van der Waals surface area contributed by atoms with Crippen LogP contribution in [-0.4, -0.2) is 34.3 Å². The molecule has 0 aliphatic rings. The van der Waals surface area contributed by atoms with E-state index in [-0.39, 0.29) is 25.1 Å². The molecule has 0 aliphatic heterocycles. The van der Waals surface area contributed by atoms with Gasteiger partial charge in [-0.1, -0.05) is 35.9 Å². The van der Waals surface area contributed by atoms with E-state index >= 15 is 0 Å². The Kier molecular flexibility index (Phi) is 8.41. The zero-order valence-electron chi connectivity index (χ0n) is 19.2. The van der Waals surface area contributed by atoms with Gasteiger partial charge in [-0.3, -0.25) is 9.10 Å². The molecule has 0 saturated carbocycles. The van der Waals surface area contributed by atoms with E-state index in [0.29, 0.717) is 16.5 Å². The molecule has 1 atom stereocenters. The molecule has 0 saturated heterocycles. The van der Waals surface area contributed by atoms with Crippen molar-refractivity contribution in [1.82, 2.24) is 5.32 Å². The molecular formula is C25H27ClN2O5S. The van der Waals surface area contributed by atoms with E-state index in [1.165, 1.54) is 4.31 Å². The summed E-state index contributed by atoms with van der Waals surface area (Å²) in [4.78, 5) is 12.3. The predicted molar refractivity (Wildman–Crippen MR) is 134 cm³/mol. The highest BCUT2D eigenvalue weighted by Crippen LogP contribution is 2.24. The van der Waals surface area contributed by atoms with Crippen molar-refractivity contribution in [3.05, 3.63) is 88.9 Å². The third kappa shape index (κ3) is 7.13. The van der Waals surface area contributed by atoms with E-state index in [2.05, 4.69) is 5.32 Å². The summed E-state index contributed by atoms with van der Waals surface area (Å²) in [6.07, 6.45) is 1.15. The van der Waals surface area contributed by atoms with Gasteiger partial charge in [0.05, 0.1) is 31.6 Å². The zero-order chi connectivity index (χ0) is 24.7. The molecule has 0 aromatic heterocycles. The van der Waals surface area contributed by atoms with Gasteiger partial charge in [0.25, 0.3) is 5.91 Å². The lowest BCUT2D eigenvalue weighted by Crippen LogP contribution is -2.31. The number of amides is 1. The van der Waals surface area contributed by atoms with Gasteiger partial charge < -0.3 is 14.8 Å². The Morgan fingerprint density at radius 2 is 1.56 bits per heavy atom. The van der Waals surface area contributed by atoms with Crippen molar-refractivity contribution in [2.45, 2.75) is 19.5 Å². The number of carbonyl (C=O) groups excluding carboxylic acids is 1. The third-order valence-corrected chi connectivity index (χ3v) is 6.52. The predicted octanol–water partition coefficient (Wildman–Crippen LogP) is 4.57. The molecule has 3 aromatic rings. The Balaban J connectivity index is 1.59. The van der Waals surface area contributed by atoms with Gasteiger partial charge in [-0.2, -0.15) is 0 Å². The van der Waals surface area contributed by atoms with Crippen LogP contribution in [0.3, 0.4) is 0 Å². The SMILES string of the molecule is COc1ccc([C@@H](C)NC(=O)COc2ccc(N(Cc3ccc(Cl)cc3)S(C)(=O)=O)cc2)cc1. The molecule has 7 nitrogen and oxygen atoms in total. The quantitative estimate of drug-likeness (QED) is 0.439. The first kappa shape index (κ1) is 25.4. The molecule has 3 aromatic carbocycles. The van der Waals surface area contributed by atoms with E-state index in [1.807, 2.05) is 31.2 Å². The van der Waals surface area contributed by atoms with Gasteiger partial charge in [-0.05, 0) is 66.6 Å². The lowest BCUT2D eigenvalue weighted by Gasteiger charge is -2.23. The molecule has 1 amide bonds. The molecule has 0 unspecified atom stereocenters. The molecule has 0 aliphatic carbocycles. The van der Waals surface area contributed by atoms with E-state index in [1.54, 1.807) is 55.6 Å². The molecule has 1 N–H and O–H groups in total. The molecule has 34 heavy (non-hydrogen) atoms. The van der Waals surface area contributed by atoms with Gasteiger partial charge in [0.15, 0.2) is 6.61 Å². The maximum atomic E-state index is 12.4. The highest BCUT2D eigenvalue weighted by atomic mass is 35.5. The number of rotatable bonds is 10. The number of methoxy groups -OCH3 is 1. The number of sulfonamides is 1. The number of nitrogens with zero attached hydrogens (tertiary/aromatic N) is 1. The van der Waals surface area contributed by atoms with Gasteiger partial charge in [0.2, 0.25) is 10.0 Å². The second-order valence-corrected chi connectivity index (χ2v) is 10.1. The van der Waals surface area contributed by atoms with Crippen molar-refractivity contribution in [2.75, 3.05) is 24.3 Å². The van der Waals surface area contributed by atoms with Crippen molar-refractivity contribution in [3.63, 3.8) is 0 Å². The summed E-state index contributed by atoms with van der Waals surface area (Å²) in [5.74, 6) is 0.931. The average molecular weight is 503 g/mol. The van der Waals surface area contributed by atoms with Crippen molar-refractivity contribution in [1.29, 1.82) is 0 Å². The largest absolute Gasteiger partial charge is 0.497 e. The van der Waals surface area contributed by atoms with Gasteiger partial charge in [-0.25, -0.2) is 8.42 Å². The number of anilines is 1. The lowest BCUT2D eigenvalue weighted by atomic mass is 10.1. The molecule has 0 spiro atoms. The van der Waals surface area contributed by atoms with Crippen LogP contribution in [-0.2, 0) is 21.4 Å². The minimum atomic E-state index is -3.52. The van der Waals surface area contributed by atoms with Crippen LogP contribution in [0.5, 0.6) is 11.5 Å². The first-order chi connectivity index (χ1) is 16.2. The normalized spacial score (nSPS) is 12.0. The summed E-state index contributed by atoms with van der Waals surface area (Å²) >= 11 is 5.92. The average Bonchev–Trinajstić information content (AvgIpc) is 2.82. The topological polar surface area (TPSA) is 84.9 Å². The van der Waals surface area contributed by atoms with Crippen LogP contribution in [0.15, 0.2) is 72.8 Å². The van der Waals surface area contributed by atoms with Gasteiger partial charge >= 0.3 is 0 Å². The van der Waals surface area contributed by atoms with E-state index in [0.717, 1.165) is 23.1 Å². The van der Waals surface area contributed by atoms with Crippen LogP contribution in [0.1, 0.15) is 24.1 Å². The molecule has 0 bridgehead atoms. The minimum absolute atomic E-state index is 0.166. The Hall–Kier alpha value is -3.23. The van der Waals surface area contributed by atoms with Crippen molar-refractivity contribution < 1.29 is 22.7 Å². The molecule has 0 fully saturated rings. The Labute approximate surface area is 205 Å². The number of hydrogen-bond donors (Lipinski definition) is 1. The maximum absolute atomic E-state index is 12.4. The van der Waals surface area contributed by atoms with E-state index < -0.39 is 10.0 Å². The van der Waals surface area contributed by atoms with Crippen LogP contribution >= 0.6 is 11.6 Å². The highest BCUT2D eigenvalue weighted by Gasteiger charge is 2.18. The molecule has 9 heteroatoms. The molecular weight excluding hydrogens is 476 g/mol. The number of ether oxygens (including phenoxy) is 2. The summed E-state index contributed by atoms with van der Waals surface area (Å²) in [7, 11) is -1.92. The van der Waals surface area contributed by atoms with Gasteiger partial charge in [-0.15, -0.1) is 0 Å². The fourth-order valence-corrected chi connectivity index (χ4v) is 4.29. The Morgan fingerprint density at radius 1 is 0.971 bits per heavy atom. The molecule has 3 rings (SSSR count). The lowest BCUT2D eigenvalue weighted by molar-refractivity contribution is -0.123. The van der Waals surface area contributed by atoms with Crippen LogP contribution in [0.2, 0.25) is 5.02 Å². The zero-order valence-corrected chi connectivity index (χ0v) is 20.8. The number of benzene rings is 3. The molecule has 0 heterocycles. The van der Waals surface area contributed by atoms with Crippen molar-refractivity contribution in [2.24, 2.45) is 0 Å². The summed E-state index contributed by atoms with van der Waals surface area (Å²) in [6, 6.07) is 20.8. The minimum Gasteiger partial charge on any atom is -0.497 e. The maximum Gasteiger partial charge on any atom is 0.258 e. The third-order valence-electron chi connectivity index (χ3n) is 5.13. The second-order valence-electron chi connectivity index (χ2n) is 7.74. The van der Waals surface area contributed by atoms with E-state index in [4.69, 9.17) is 21.1 Å². The summed E-state index contributed by atoms with van der Waals surface area (Å²) in [5, 5.41) is 3.46. The first-order valence-corrected chi connectivity index (χ1v) is 12.8. The van der Waals surface area contributed by atoms with Crippen LogP contribution in [0, 0.1) is 0 Å². The van der Waals surface area contributed by atoms with Crippen molar-refractivity contribution in [3.8, 4) is 11.5 Å². The summed E-state index contributed by atoms with van der Waals surface area (Å²) in [6.45, 7) is 1.89. The monoisotopic (exact) mass is 502 g/mol. The first-order valence-electron chi connectivity index (χ1n) is 10.5. The Bertz CT molecular complexity index is 1200.